The predicted molar refractivity (Wildman–Crippen MR) is 96.5 cm³/mol. The minimum atomic E-state index is -0.128. The number of nitrogens with one attached hydrogen (secondary N) is 1. The van der Waals surface area contributed by atoms with E-state index in [-0.39, 0.29) is 24.0 Å². The monoisotopic (exact) mass is 353 g/mol. The van der Waals surface area contributed by atoms with Crippen LogP contribution in [0.3, 0.4) is 0 Å². The van der Waals surface area contributed by atoms with Crippen LogP contribution in [-0.2, 0) is 22.5 Å². The molecule has 3 atom stereocenters. The number of rotatable bonds is 5. The van der Waals surface area contributed by atoms with E-state index in [1.165, 1.54) is 0 Å². The van der Waals surface area contributed by atoms with E-state index in [0.717, 1.165) is 36.5 Å². The normalized spacial score (nSPS) is 24.5. The first-order valence-electron chi connectivity index (χ1n) is 9.11. The fourth-order valence-electron chi connectivity index (χ4n) is 3.61. The van der Waals surface area contributed by atoms with Crippen molar-refractivity contribution in [2.75, 3.05) is 18.0 Å². The Morgan fingerprint density at radius 2 is 2.12 bits per heavy atom. The van der Waals surface area contributed by atoms with E-state index < -0.39 is 0 Å². The molecule has 0 aliphatic carbocycles. The molecule has 2 bridgehead atoms. The molecule has 2 fully saturated rings. The topological polar surface area (TPSA) is 80.2 Å². The number of carbonyl (C=O) groups is 1. The quantitative estimate of drug-likeness (QED) is 0.874. The number of ether oxygens (including phenoxy) is 1. The number of carbonyl (C=O) groups excluding carboxylic acids is 1. The van der Waals surface area contributed by atoms with Crippen molar-refractivity contribution in [3.8, 4) is 0 Å². The molecule has 0 spiro atoms. The minimum absolute atomic E-state index is 0.0467. The van der Waals surface area contributed by atoms with Crippen LogP contribution < -0.4 is 10.2 Å². The highest BCUT2D eigenvalue weighted by Gasteiger charge is 2.45. The molecular weight excluding hydrogens is 330 g/mol. The number of pyridine rings is 1. The molecule has 0 radical (unpaired) electrons. The molecule has 7 nitrogen and oxygen atoms in total. The van der Waals surface area contributed by atoms with Crippen molar-refractivity contribution in [1.82, 2.24) is 20.3 Å². The molecule has 2 aliphatic heterocycles. The van der Waals surface area contributed by atoms with Crippen LogP contribution >= 0.6 is 0 Å². The van der Waals surface area contributed by atoms with Gasteiger partial charge in [0.1, 0.15) is 0 Å². The molecule has 0 unspecified atom stereocenters. The van der Waals surface area contributed by atoms with Gasteiger partial charge in [-0.15, -0.1) is 0 Å². The van der Waals surface area contributed by atoms with Gasteiger partial charge in [0.25, 0.3) is 0 Å². The Labute approximate surface area is 152 Å². The highest BCUT2D eigenvalue weighted by molar-refractivity contribution is 5.79. The Hall–Kier alpha value is -2.54. The number of nitrogens with zero attached hydrogens (tertiary/aromatic N) is 4. The first-order valence-corrected chi connectivity index (χ1v) is 9.11. The highest BCUT2D eigenvalue weighted by atomic mass is 16.5. The summed E-state index contributed by atoms with van der Waals surface area (Å²) in [5.74, 6) is 0.638. The summed E-state index contributed by atoms with van der Waals surface area (Å²) in [5.41, 5.74) is 2.12. The summed E-state index contributed by atoms with van der Waals surface area (Å²) in [6, 6.07) is 3.82. The van der Waals surface area contributed by atoms with Gasteiger partial charge in [-0.25, -0.2) is 9.97 Å². The minimum Gasteiger partial charge on any atom is -0.370 e. The summed E-state index contributed by atoms with van der Waals surface area (Å²) in [5, 5.41) is 3.01. The zero-order chi connectivity index (χ0) is 17.9. The van der Waals surface area contributed by atoms with Crippen LogP contribution in [0.4, 0.5) is 5.95 Å². The van der Waals surface area contributed by atoms with Crippen LogP contribution in [0, 0.1) is 5.92 Å². The molecule has 4 rings (SSSR count). The standard InChI is InChI=1S/C19H23N5O2/c1-2-13-8-22-19(23-9-13)24-11-15-6-16(17(12-24)26-15)18(25)21-10-14-4-3-5-20-7-14/h3-5,7-9,15-17H,2,6,10-12H2,1H3,(H,21,25)/t15-,16+,17-/m1/s1. The Kier molecular flexibility index (Phi) is 4.79. The zero-order valence-electron chi connectivity index (χ0n) is 14.8. The lowest BCUT2D eigenvalue weighted by Gasteiger charge is -2.32. The fraction of sp³-hybridized carbons (Fsp3) is 0.474. The number of hydrogen-bond donors (Lipinski definition) is 1. The van der Waals surface area contributed by atoms with Crippen LogP contribution in [0.1, 0.15) is 24.5 Å². The molecule has 0 saturated carbocycles. The predicted octanol–water partition coefficient (Wildman–Crippen LogP) is 1.34. The average molecular weight is 353 g/mol. The summed E-state index contributed by atoms with van der Waals surface area (Å²) in [6.07, 6.45) is 8.84. The molecule has 2 aromatic heterocycles. The van der Waals surface area contributed by atoms with Crippen molar-refractivity contribution in [3.05, 3.63) is 48.0 Å². The van der Waals surface area contributed by atoms with Gasteiger partial charge < -0.3 is 15.0 Å². The third kappa shape index (κ3) is 3.53. The fourth-order valence-corrected chi connectivity index (χ4v) is 3.61. The molecule has 4 heterocycles. The summed E-state index contributed by atoms with van der Waals surface area (Å²) in [4.78, 5) is 27.8. The average Bonchev–Trinajstić information content (AvgIpc) is 3.00. The Balaban J connectivity index is 1.38. The smallest absolute Gasteiger partial charge is 0.226 e. The van der Waals surface area contributed by atoms with Gasteiger partial charge in [-0.3, -0.25) is 9.78 Å². The number of fused-ring (bicyclic) bond motifs is 2. The second-order valence-corrected chi connectivity index (χ2v) is 6.87. The molecule has 0 aromatic carbocycles. The van der Waals surface area contributed by atoms with E-state index in [0.29, 0.717) is 13.1 Å². The largest absolute Gasteiger partial charge is 0.370 e. The number of morpholine rings is 1. The van der Waals surface area contributed by atoms with Gasteiger partial charge in [0.2, 0.25) is 11.9 Å². The van der Waals surface area contributed by atoms with E-state index in [1.54, 1.807) is 12.4 Å². The van der Waals surface area contributed by atoms with Crippen molar-refractivity contribution in [3.63, 3.8) is 0 Å². The van der Waals surface area contributed by atoms with Crippen LogP contribution in [-0.4, -0.2) is 46.2 Å². The first kappa shape index (κ1) is 16.9. The molecule has 1 amide bonds. The van der Waals surface area contributed by atoms with Gasteiger partial charge in [0, 0.05) is 44.4 Å². The van der Waals surface area contributed by atoms with E-state index in [2.05, 4.69) is 32.1 Å². The first-order chi connectivity index (χ1) is 12.7. The third-order valence-corrected chi connectivity index (χ3v) is 5.07. The molecule has 1 N–H and O–H groups in total. The lowest BCUT2D eigenvalue weighted by Crippen LogP contribution is -2.46. The van der Waals surface area contributed by atoms with Crippen molar-refractivity contribution in [2.24, 2.45) is 5.92 Å². The lowest BCUT2D eigenvalue weighted by atomic mass is 9.99. The highest BCUT2D eigenvalue weighted by Crippen LogP contribution is 2.33. The van der Waals surface area contributed by atoms with Gasteiger partial charge >= 0.3 is 0 Å². The van der Waals surface area contributed by atoms with Crippen molar-refractivity contribution in [1.29, 1.82) is 0 Å². The van der Waals surface area contributed by atoms with Crippen LogP contribution in [0.2, 0.25) is 0 Å². The molecule has 2 aliphatic rings. The van der Waals surface area contributed by atoms with Gasteiger partial charge in [-0.2, -0.15) is 0 Å². The maximum absolute atomic E-state index is 12.6. The van der Waals surface area contributed by atoms with Gasteiger partial charge in [0.05, 0.1) is 18.1 Å². The number of anilines is 1. The maximum Gasteiger partial charge on any atom is 0.226 e. The second kappa shape index (κ2) is 7.37. The van der Waals surface area contributed by atoms with E-state index in [4.69, 9.17) is 4.74 Å². The number of amides is 1. The number of hydrogen-bond acceptors (Lipinski definition) is 6. The zero-order valence-corrected chi connectivity index (χ0v) is 14.8. The number of aryl methyl sites for hydroxylation is 1. The van der Waals surface area contributed by atoms with Crippen LogP contribution in [0.5, 0.6) is 0 Å². The summed E-state index contributed by atoms with van der Waals surface area (Å²) in [6.45, 7) is 3.95. The molecular formula is C19H23N5O2. The molecule has 26 heavy (non-hydrogen) atoms. The van der Waals surface area contributed by atoms with Crippen LogP contribution in [0.15, 0.2) is 36.9 Å². The van der Waals surface area contributed by atoms with Gasteiger partial charge in [-0.05, 0) is 30.0 Å². The molecule has 136 valence electrons. The molecule has 2 saturated heterocycles. The van der Waals surface area contributed by atoms with Crippen molar-refractivity contribution in [2.45, 2.75) is 38.5 Å². The molecule has 2 aromatic rings. The van der Waals surface area contributed by atoms with Gasteiger partial charge in [0.15, 0.2) is 0 Å². The summed E-state index contributed by atoms with van der Waals surface area (Å²) in [7, 11) is 0. The summed E-state index contributed by atoms with van der Waals surface area (Å²) >= 11 is 0. The van der Waals surface area contributed by atoms with Crippen LogP contribution in [0.25, 0.3) is 0 Å². The molecule has 7 heteroatoms. The van der Waals surface area contributed by atoms with Crippen molar-refractivity contribution < 1.29 is 9.53 Å². The summed E-state index contributed by atoms with van der Waals surface area (Å²) < 4.78 is 6.01. The van der Waals surface area contributed by atoms with Gasteiger partial charge in [-0.1, -0.05) is 13.0 Å². The third-order valence-electron chi connectivity index (χ3n) is 5.07. The SMILES string of the molecule is CCc1cnc(N2C[C@H]3C[C@H](C(=O)NCc4cccnc4)[C@@H](C2)O3)nc1. The Bertz CT molecular complexity index is 752. The maximum atomic E-state index is 12.6. The second-order valence-electron chi connectivity index (χ2n) is 6.87. The van der Waals surface area contributed by atoms with E-state index in [1.807, 2.05) is 24.5 Å². The Morgan fingerprint density at radius 3 is 2.85 bits per heavy atom. The van der Waals surface area contributed by atoms with E-state index in [9.17, 15) is 4.79 Å². The lowest BCUT2D eigenvalue weighted by molar-refractivity contribution is -0.126. The Morgan fingerprint density at radius 1 is 1.27 bits per heavy atom. The number of aromatic nitrogens is 3. The van der Waals surface area contributed by atoms with E-state index >= 15 is 0 Å². The van der Waals surface area contributed by atoms with Crippen molar-refractivity contribution >= 4 is 11.9 Å².